The minimum atomic E-state index is -1.51. The summed E-state index contributed by atoms with van der Waals surface area (Å²) in [5, 5.41) is 3.26. The van der Waals surface area contributed by atoms with Gasteiger partial charge in [-0.15, -0.1) is 0 Å². The molecule has 0 fully saturated rings. The fourth-order valence-electron chi connectivity index (χ4n) is 2.26. The summed E-state index contributed by atoms with van der Waals surface area (Å²) in [7, 11) is 0. The molecule has 1 N–H and O–H groups in total. The Morgan fingerprint density at radius 3 is 1.71 bits per heavy atom. The third-order valence-corrected chi connectivity index (χ3v) is 3.98. The molecule has 0 saturated heterocycles. The summed E-state index contributed by atoms with van der Waals surface area (Å²) >= 11 is 18.5. The largest absolute Gasteiger partial charge is 0.494 e. The normalized spacial score (nSPS) is 12.5. The molecule has 6 heteroatoms. The lowest BCUT2D eigenvalue weighted by molar-refractivity contribution is 0.340. The minimum absolute atomic E-state index is 0.504. The van der Waals surface area contributed by atoms with Crippen LogP contribution in [0.2, 0.25) is 0 Å². The summed E-state index contributed by atoms with van der Waals surface area (Å²) in [5.74, 6) is 1.58. The van der Waals surface area contributed by atoms with Crippen LogP contribution in [0, 0.1) is 0 Å². The minimum Gasteiger partial charge on any atom is -0.494 e. The van der Waals surface area contributed by atoms with E-state index in [0.717, 1.165) is 22.7 Å². The average molecular weight is 389 g/mol. The van der Waals surface area contributed by atoms with Crippen molar-refractivity contribution in [2.75, 3.05) is 18.5 Å². The van der Waals surface area contributed by atoms with Crippen molar-refractivity contribution < 1.29 is 9.47 Å². The second kappa shape index (κ2) is 8.70. The third kappa shape index (κ3) is 5.37. The zero-order valence-electron chi connectivity index (χ0n) is 13.6. The maximum Gasteiger partial charge on any atom is 0.214 e. The highest BCUT2D eigenvalue weighted by Gasteiger charge is 2.34. The SMILES string of the molecule is CCOc1ccc(NC(c2ccc(OCC)cc2)C(Cl)(Cl)Cl)cc1. The Labute approximate surface area is 157 Å². The van der Waals surface area contributed by atoms with Crippen LogP contribution in [0.1, 0.15) is 25.5 Å². The van der Waals surface area contributed by atoms with Crippen LogP contribution in [0.25, 0.3) is 0 Å². The summed E-state index contributed by atoms with van der Waals surface area (Å²) in [6.07, 6.45) is 0. The predicted molar refractivity (Wildman–Crippen MR) is 102 cm³/mol. The molecule has 0 amide bonds. The first kappa shape index (κ1) is 19.0. The molecule has 130 valence electrons. The lowest BCUT2D eigenvalue weighted by Crippen LogP contribution is -2.25. The Hall–Kier alpha value is -1.29. The zero-order valence-corrected chi connectivity index (χ0v) is 15.8. The summed E-state index contributed by atoms with van der Waals surface area (Å²) in [6.45, 7) is 5.11. The van der Waals surface area contributed by atoms with E-state index in [9.17, 15) is 0 Å². The molecule has 1 atom stereocenters. The molecule has 2 aromatic carbocycles. The van der Waals surface area contributed by atoms with E-state index in [-0.39, 0.29) is 0 Å². The van der Waals surface area contributed by atoms with Crippen LogP contribution in [0.5, 0.6) is 11.5 Å². The van der Waals surface area contributed by atoms with Crippen molar-refractivity contribution in [3.05, 3.63) is 54.1 Å². The highest BCUT2D eigenvalue weighted by Crippen LogP contribution is 2.42. The third-order valence-electron chi connectivity index (χ3n) is 3.33. The molecular formula is C18H20Cl3NO2. The van der Waals surface area contributed by atoms with E-state index in [1.807, 2.05) is 62.4 Å². The molecule has 1 unspecified atom stereocenters. The predicted octanol–water partition coefficient (Wildman–Crippen LogP) is 6.01. The summed E-state index contributed by atoms with van der Waals surface area (Å²) in [6, 6.07) is 14.5. The fraction of sp³-hybridized carbons (Fsp3) is 0.333. The van der Waals surface area contributed by atoms with Crippen LogP contribution >= 0.6 is 34.8 Å². The Balaban J connectivity index is 2.19. The van der Waals surface area contributed by atoms with Crippen molar-refractivity contribution in [2.24, 2.45) is 0 Å². The van der Waals surface area contributed by atoms with Crippen LogP contribution < -0.4 is 14.8 Å². The van der Waals surface area contributed by atoms with Crippen molar-refractivity contribution in [3.63, 3.8) is 0 Å². The zero-order chi connectivity index (χ0) is 17.6. The molecule has 0 heterocycles. The number of halogens is 3. The number of benzene rings is 2. The van der Waals surface area contributed by atoms with Gasteiger partial charge in [0.1, 0.15) is 11.5 Å². The van der Waals surface area contributed by atoms with Gasteiger partial charge in [-0.1, -0.05) is 46.9 Å². The van der Waals surface area contributed by atoms with Gasteiger partial charge in [0.2, 0.25) is 3.79 Å². The van der Waals surface area contributed by atoms with E-state index < -0.39 is 9.83 Å². The number of anilines is 1. The van der Waals surface area contributed by atoms with E-state index in [2.05, 4.69) is 5.32 Å². The lowest BCUT2D eigenvalue weighted by atomic mass is 10.1. The molecule has 0 bridgehead atoms. The second-order valence-electron chi connectivity index (χ2n) is 5.08. The lowest BCUT2D eigenvalue weighted by Gasteiger charge is -2.27. The second-order valence-corrected chi connectivity index (χ2v) is 7.45. The maximum atomic E-state index is 6.18. The number of hydrogen-bond acceptors (Lipinski definition) is 3. The first-order valence-corrected chi connectivity index (χ1v) is 8.86. The first-order chi connectivity index (χ1) is 11.4. The Bertz CT molecular complexity index is 624. The summed E-state index contributed by atoms with van der Waals surface area (Å²) < 4.78 is 9.37. The van der Waals surface area contributed by atoms with E-state index in [1.54, 1.807) is 0 Å². The van der Waals surface area contributed by atoms with Gasteiger partial charge in [0.25, 0.3) is 0 Å². The molecule has 0 spiro atoms. The standard InChI is InChI=1S/C18H20Cl3NO2/c1-3-23-15-9-5-13(6-10-15)17(18(19,20)21)22-14-7-11-16(12-8-14)24-4-2/h5-12,17,22H,3-4H2,1-2H3. The smallest absolute Gasteiger partial charge is 0.214 e. The maximum absolute atomic E-state index is 6.18. The molecule has 24 heavy (non-hydrogen) atoms. The van der Waals surface area contributed by atoms with Crippen molar-refractivity contribution in [3.8, 4) is 11.5 Å². The molecule has 0 aliphatic carbocycles. The van der Waals surface area contributed by atoms with Gasteiger partial charge in [-0.25, -0.2) is 0 Å². The molecule has 2 rings (SSSR count). The van der Waals surface area contributed by atoms with Gasteiger partial charge in [-0.05, 0) is 55.8 Å². The summed E-state index contributed by atoms with van der Waals surface area (Å²) in [4.78, 5) is 0. The van der Waals surface area contributed by atoms with Gasteiger partial charge in [-0.2, -0.15) is 0 Å². The first-order valence-electron chi connectivity index (χ1n) is 7.73. The van der Waals surface area contributed by atoms with Crippen molar-refractivity contribution in [2.45, 2.75) is 23.7 Å². The van der Waals surface area contributed by atoms with Crippen LogP contribution in [-0.2, 0) is 0 Å². The van der Waals surface area contributed by atoms with Crippen molar-refractivity contribution >= 4 is 40.5 Å². The fourth-order valence-corrected chi connectivity index (χ4v) is 2.80. The van der Waals surface area contributed by atoms with Gasteiger partial charge in [0.05, 0.1) is 19.3 Å². The number of nitrogens with one attached hydrogen (secondary N) is 1. The highest BCUT2D eigenvalue weighted by molar-refractivity contribution is 6.68. The van der Waals surface area contributed by atoms with E-state index in [1.165, 1.54) is 0 Å². The average Bonchev–Trinajstić information content (AvgIpc) is 2.55. The molecule has 0 aliphatic rings. The number of alkyl halides is 3. The van der Waals surface area contributed by atoms with Crippen molar-refractivity contribution in [1.29, 1.82) is 0 Å². The Kier molecular flexibility index (Phi) is 6.90. The molecule has 3 nitrogen and oxygen atoms in total. The van der Waals surface area contributed by atoms with Gasteiger partial charge in [0.15, 0.2) is 0 Å². The molecule has 2 aromatic rings. The Morgan fingerprint density at radius 1 is 0.833 bits per heavy atom. The Morgan fingerprint density at radius 2 is 1.29 bits per heavy atom. The van der Waals surface area contributed by atoms with Gasteiger partial charge in [0, 0.05) is 5.69 Å². The molecule has 0 radical (unpaired) electrons. The number of rotatable bonds is 7. The van der Waals surface area contributed by atoms with Crippen LogP contribution in [0.4, 0.5) is 5.69 Å². The van der Waals surface area contributed by atoms with Gasteiger partial charge < -0.3 is 14.8 Å². The monoisotopic (exact) mass is 387 g/mol. The molecule has 0 aromatic heterocycles. The molecule has 0 aliphatic heterocycles. The molecular weight excluding hydrogens is 369 g/mol. The highest BCUT2D eigenvalue weighted by atomic mass is 35.6. The van der Waals surface area contributed by atoms with E-state index in [4.69, 9.17) is 44.3 Å². The molecule has 0 saturated carbocycles. The number of ether oxygens (including phenoxy) is 2. The summed E-state index contributed by atoms with van der Waals surface area (Å²) in [5.41, 5.74) is 1.69. The van der Waals surface area contributed by atoms with Crippen molar-refractivity contribution in [1.82, 2.24) is 0 Å². The topological polar surface area (TPSA) is 30.5 Å². The van der Waals surface area contributed by atoms with E-state index >= 15 is 0 Å². The van der Waals surface area contributed by atoms with Gasteiger partial charge in [-0.3, -0.25) is 0 Å². The van der Waals surface area contributed by atoms with E-state index in [0.29, 0.717) is 13.2 Å². The quantitative estimate of drug-likeness (QED) is 0.589. The van der Waals surface area contributed by atoms with Crippen LogP contribution in [0.3, 0.4) is 0 Å². The number of hydrogen-bond donors (Lipinski definition) is 1. The van der Waals surface area contributed by atoms with Crippen LogP contribution in [0.15, 0.2) is 48.5 Å². The van der Waals surface area contributed by atoms with Crippen LogP contribution in [-0.4, -0.2) is 17.0 Å². The van der Waals surface area contributed by atoms with Gasteiger partial charge >= 0.3 is 0 Å².